The summed E-state index contributed by atoms with van der Waals surface area (Å²) in [6, 6.07) is 2.34. The SMILES string of the molecule is Cc1c(CN(C)C)cc(C2CCCCC2)c(O)c1C1CCCCC1. The van der Waals surface area contributed by atoms with Gasteiger partial charge in [0.25, 0.3) is 0 Å². The number of aromatic hydroxyl groups is 1. The van der Waals surface area contributed by atoms with Gasteiger partial charge in [0, 0.05) is 12.1 Å². The Morgan fingerprint density at radius 3 is 2.00 bits per heavy atom. The molecule has 0 aromatic heterocycles. The van der Waals surface area contributed by atoms with Crippen LogP contribution in [0.1, 0.15) is 98.3 Å². The minimum absolute atomic E-state index is 0.572. The molecule has 0 unspecified atom stereocenters. The largest absolute Gasteiger partial charge is 0.507 e. The summed E-state index contributed by atoms with van der Waals surface area (Å²) in [5.74, 6) is 1.81. The fraction of sp³-hybridized carbons (Fsp3) is 0.727. The van der Waals surface area contributed by atoms with Crippen LogP contribution in [0.5, 0.6) is 5.75 Å². The molecule has 1 aromatic rings. The molecule has 0 radical (unpaired) electrons. The summed E-state index contributed by atoms with van der Waals surface area (Å²) in [5.41, 5.74) is 5.35. The van der Waals surface area contributed by atoms with Crippen molar-refractivity contribution in [3.05, 3.63) is 28.3 Å². The first-order valence-electron chi connectivity index (χ1n) is 10.1. The summed E-state index contributed by atoms with van der Waals surface area (Å²) >= 11 is 0. The Kier molecular flexibility index (Phi) is 5.86. The molecule has 2 nitrogen and oxygen atoms in total. The number of benzene rings is 1. The second-order valence-electron chi connectivity index (χ2n) is 8.42. The number of nitrogens with zero attached hydrogens (tertiary/aromatic N) is 1. The van der Waals surface area contributed by atoms with Crippen molar-refractivity contribution in [2.45, 2.75) is 89.5 Å². The monoisotopic (exact) mass is 329 g/mol. The molecular weight excluding hydrogens is 294 g/mol. The van der Waals surface area contributed by atoms with Crippen molar-refractivity contribution in [1.82, 2.24) is 4.90 Å². The van der Waals surface area contributed by atoms with Gasteiger partial charge in [-0.15, -0.1) is 0 Å². The first-order chi connectivity index (χ1) is 11.6. The molecule has 0 saturated heterocycles. The summed E-state index contributed by atoms with van der Waals surface area (Å²) < 4.78 is 0. The van der Waals surface area contributed by atoms with E-state index in [0.717, 1.165) is 6.54 Å². The Hall–Kier alpha value is -1.02. The van der Waals surface area contributed by atoms with E-state index in [1.165, 1.54) is 86.5 Å². The first-order valence-corrected chi connectivity index (χ1v) is 10.1. The lowest BCUT2D eigenvalue weighted by atomic mass is 9.76. The minimum atomic E-state index is 0.572. The molecule has 0 heterocycles. The zero-order valence-electron chi connectivity index (χ0n) is 15.9. The van der Waals surface area contributed by atoms with Crippen LogP contribution in [0.25, 0.3) is 0 Å². The second kappa shape index (κ2) is 7.91. The third-order valence-corrected chi connectivity index (χ3v) is 6.29. The first kappa shape index (κ1) is 17.8. The lowest BCUT2D eigenvalue weighted by molar-refractivity contribution is 0.382. The maximum Gasteiger partial charge on any atom is 0.122 e. The number of hydrogen-bond donors (Lipinski definition) is 1. The van der Waals surface area contributed by atoms with Gasteiger partial charge in [-0.05, 0) is 75.2 Å². The van der Waals surface area contributed by atoms with Crippen LogP contribution in [0.3, 0.4) is 0 Å². The molecule has 24 heavy (non-hydrogen) atoms. The molecule has 1 N–H and O–H groups in total. The van der Waals surface area contributed by atoms with E-state index < -0.39 is 0 Å². The van der Waals surface area contributed by atoms with Crippen LogP contribution in [0.4, 0.5) is 0 Å². The lowest BCUT2D eigenvalue weighted by Gasteiger charge is -2.30. The fourth-order valence-corrected chi connectivity index (χ4v) is 4.99. The Labute approximate surface area is 148 Å². The molecule has 1 aromatic carbocycles. The van der Waals surface area contributed by atoms with Crippen LogP contribution in [0.15, 0.2) is 6.07 Å². The van der Waals surface area contributed by atoms with Crippen molar-refractivity contribution in [3.8, 4) is 5.75 Å². The summed E-state index contributed by atoms with van der Waals surface area (Å²) in [4.78, 5) is 2.26. The molecule has 0 amide bonds. The van der Waals surface area contributed by atoms with Crippen molar-refractivity contribution in [2.75, 3.05) is 14.1 Å². The predicted molar refractivity (Wildman–Crippen MR) is 102 cm³/mol. The minimum Gasteiger partial charge on any atom is -0.507 e. The summed E-state index contributed by atoms with van der Waals surface area (Å²) in [6.07, 6.45) is 13.0. The average Bonchev–Trinajstić information content (AvgIpc) is 2.59. The molecule has 2 aliphatic rings. The van der Waals surface area contributed by atoms with Crippen LogP contribution < -0.4 is 0 Å². The van der Waals surface area contributed by atoms with Gasteiger partial charge in [0.2, 0.25) is 0 Å². The van der Waals surface area contributed by atoms with E-state index in [1.54, 1.807) is 0 Å². The Morgan fingerprint density at radius 2 is 1.46 bits per heavy atom. The standard InChI is InChI=1S/C22H35NO/c1-16-19(15-23(2)3)14-20(17-10-6-4-7-11-17)22(24)21(16)18-12-8-5-9-13-18/h14,17-18,24H,4-13,15H2,1-3H3. The number of phenols is 1. The van der Waals surface area contributed by atoms with E-state index in [9.17, 15) is 5.11 Å². The smallest absolute Gasteiger partial charge is 0.122 e. The van der Waals surface area contributed by atoms with E-state index in [2.05, 4.69) is 32.0 Å². The van der Waals surface area contributed by atoms with E-state index in [-0.39, 0.29) is 0 Å². The summed E-state index contributed by atoms with van der Waals surface area (Å²) in [5, 5.41) is 11.2. The maximum absolute atomic E-state index is 11.2. The van der Waals surface area contributed by atoms with Gasteiger partial charge in [0.15, 0.2) is 0 Å². The Bertz CT molecular complexity index is 552. The van der Waals surface area contributed by atoms with Crippen molar-refractivity contribution in [1.29, 1.82) is 0 Å². The Morgan fingerprint density at radius 1 is 0.917 bits per heavy atom. The Balaban J connectivity index is 2.03. The van der Waals surface area contributed by atoms with Crippen LogP contribution in [0, 0.1) is 6.92 Å². The number of phenolic OH excluding ortho intramolecular Hbond substituents is 1. The van der Waals surface area contributed by atoms with Gasteiger partial charge < -0.3 is 10.0 Å². The van der Waals surface area contributed by atoms with Gasteiger partial charge in [0.1, 0.15) is 5.75 Å². The van der Waals surface area contributed by atoms with Crippen LogP contribution in [0.2, 0.25) is 0 Å². The van der Waals surface area contributed by atoms with Crippen molar-refractivity contribution in [3.63, 3.8) is 0 Å². The quantitative estimate of drug-likeness (QED) is 0.748. The van der Waals surface area contributed by atoms with Gasteiger partial charge in [-0.25, -0.2) is 0 Å². The highest BCUT2D eigenvalue weighted by Gasteiger charge is 2.27. The third kappa shape index (κ3) is 3.79. The van der Waals surface area contributed by atoms with Crippen LogP contribution >= 0.6 is 0 Å². The highest BCUT2D eigenvalue weighted by Crippen LogP contribution is 2.46. The lowest BCUT2D eigenvalue weighted by Crippen LogP contribution is -2.16. The van der Waals surface area contributed by atoms with Gasteiger partial charge in [0.05, 0.1) is 0 Å². The average molecular weight is 330 g/mol. The van der Waals surface area contributed by atoms with E-state index >= 15 is 0 Å². The molecule has 134 valence electrons. The van der Waals surface area contributed by atoms with Gasteiger partial charge in [-0.2, -0.15) is 0 Å². The van der Waals surface area contributed by atoms with Gasteiger partial charge in [-0.1, -0.05) is 44.6 Å². The van der Waals surface area contributed by atoms with Crippen LogP contribution in [-0.4, -0.2) is 24.1 Å². The number of hydrogen-bond acceptors (Lipinski definition) is 2. The highest BCUT2D eigenvalue weighted by molar-refractivity contribution is 5.52. The molecule has 0 atom stereocenters. The maximum atomic E-state index is 11.2. The summed E-state index contributed by atoms with van der Waals surface area (Å²) in [7, 11) is 4.29. The van der Waals surface area contributed by atoms with Gasteiger partial charge in [-0.3, -0.25) is 0 Å². The highest BCUT2D eigenvalue weighted by atomic mass is 16.3. The van der Waals surface area contributed by atoms with Crippen LogP contribution in [-0.2, 0) is 6.54 Å². The molecule has 2 aliphatic carbocycles. The van der Waals surface area contributed by atoms with E-state index in [1.807, 2.05) is 0 Å². The van der Waals surface area contributed by atoms with E-state index in [4.69, 9.17) is 0 Å². The van der Waals surface area contributed by atoms with Crippen molar-refractivity contribution >= 4 is 0 Å². The summed E-state index contributed by atoms with van der Waals surface area (Å²) in [6.45, 7) is 3.22. The molecule has 2 heteroatoms. The normalized spacial score (nSPS) is 20.7. The zero-order chi connectivity index (χ0) is 17.1. The molecular formula is C22H35NO. The second-order valence-corrected chi connectivity index (χ2v) is 8.42. The molecule has 0 aliphatic heterocycles. The van der Waals surface area contributed by atoms with Gasteiger partial charge >= 0.3 is 0 Å². The van der Waals surface area contributed by atoms with Crippen molar-refractivity contribution in [2.24, 2.45) is 0 Å². The molecule has 2 fully saturated rings. The molecule has 0 bridgehead atoms. The zero-order valence-corrected chi connectivity index (χ0v) is 15.9. The number of rotatable bonds is 4. The third-order valence-electron chi connectivity index (χ3n) is 6.29. The predicted octanol–water partition coefficient (Wildman–Crippen LogP) is 5.86. The molecule has 3 rings (SSSR count). The molecule has 0 spiro atoms. The fourth-order valence-electron chi connectivity index (χ4n) is 4.99. The molecule has 2 saturated carbocycles. The van der Waals surface area contributed by atoms with Crippen molar-refractivity contribution < 1.29 is 5.11 Å². The topological polar surface area (TPSA) is 23.5 Å². The van der Waals surface area contributed by atoms with E-state index in [0.29, 0.717) is 17.6 Å².